The number of carbonyl (C=O) groups is 1. The summed E-state index contributed by atoms with van der Waals surface area (Å²) in [5.41, 5.74) is 2.99. The molecule has 4 rings (SSSR count). The van der Waals surface area contributed by atoms with Crippen LogP contribution in [-0.4, -0.2) is 43.7 Å². The Balaban J connectivity index is 1.75. The molecular formula is C20H24N4O4. The van der Waals surface area contributed by atoms with E-state index in [1.54, 1.807) is 12.3 Å². The molecule has 1 aliphatic carbocycles. The molecule has 0 radical (unpaired) electrons. The van der Waals surface area contributed by atoms with Gasteiger partial charge in [0.05, 0.1) is 16.1 Å². The van der Waals surface area contributed by atoms with Crippen LogP contribution in [0, 0.1) is 16.0 Å². The lowest BCUT2D eigenvalue weighted by Gasteiger charge is -2.30. The molecule has 1 saturated carbocycles. The molecule has 2 aliphatic rings. The van der Waals surface area contributed by atoms with Crippen molar-refractivity contribution in [2.75, 3.05) is 13.1 Å². The summed E-state index contributed by atoms with van der Waals surface area (Å²) in [7, 11) is 0. The summed E-state index contributed by atoms with van der Waals surface area (Å²) in [4.78, 5) is 28.1. The Bertz CT molecular complexity index is 953. The number of nitrogens with zero attached hydrogens (tertiary/aromatic N) is 4. The fraction of sp³-hybridized carbons (Fsp3) is 0.500. The molecule has 0 atom stereocenters. The fourth-order valence-corrected chi connectivity index (χ4v) is 4.05. The number of aromatic nitrogens is 2. The lowest BCUT2D eigenvalue weighted by molar-refractivity contribution is -0.422. The number of hydrogen-bond acceptors (Lipinski definition) is 4. The number of hydrogen-bond donors (Lipinski definition) is 1. The summed E-state index contributed by atoms with van der Waals surface area (Å²) < 4.78 is 2.19. The van der Waals surface area contributed by atoms with Crippen LogP contribution < -0.4 is 0 Å². The van der Waals surface area contributed by atoms with Gasteiger partial charge < -0.3 is 14.6 Å². The van der Waals surface area contributed by atoms with Gasteiger partial charge in [0, 0.05) is 55.8 Å². The van der Waals surface area contributed by atoms with Crippen LogP contribution in [0.4, 0.5) is 4.79 Å². The molecule has 1 N–H and O–H groups in total. The largest absolute Gasteiger partial charge is 0.465 e. The van der Waals surface area contributed by atoms with Crippen molar-refractivity contribution in [3.8, 4) is 0 Å². The maximum atomic E-state index is 11.2. The molecule has 8 nitrogen and oxygen atoms in total. The number of allylic oxidation sites excluding steroid dienone is 1. The molecule has 28 heavy (non-hydrogen) atoms. The Morgan fingerprint density at radius 1 is 1.36 bits per heavy atom. The van der Waals surface area contributed by atoms with Crippen molar-refractivity contribution in [3.63, 3.8) is 0 Å². The highest BCUT2D eigenvalue weighted by Crippen LogP contribution is 2.37. The zero-order valence-corrected chi connectivity index (χ0v) is 15.9. The van der Waals surface area contributed by atoms with Crippen molar-refractivity contribution in [2.45, 2.75) is 45.1 Å². The molecule has 8 heteroatoms. The normalized spacial score (nSPS) is 18.6. The van der Waals surface area contributed by atoms with Gasteiger partial charge in [-0.25, -0.2) is 4.79 Å². The molecule has 148 valence electrons. The molecule has 3 heterocycles. The zero-order chi connectivity index (χ0) is 19.8. The minimum Gasteiger partial charge on any atom is -0.465 e. The van der Waals surface area contributed by atoms with Gasteiger partial charge in [-0.2, -0.15) is 0 Å². The van der Waals surface area contributed by atoms with Gasteiger partial charge in [0.2, 0.25) is 5.70 Å². The minimum absolute atomic E-state index is 0.115. The van der Waals surface area contributed by atoms with Gasteiger partial charge in [-0.3, -0.25) is 15.1 Å². The van der Waals surface area contributed by atoms with E-state index in [-0.39, 0.29) is 16.5 Å². The second kappa shape index (κ2) is 7.26. The van der Waals surface area contributed by atoms with E-state index < -0.39 is 6.09 Å². The van der Waals surface area contributed by atoms with Crippen molar-refractivity contribution in [3.05, 3.63) is 45.5 Å². The van der Waals surface area contributed by atoms with Crippen LogP contribution in [0.3, 0.4) is 0 Å². The Kier molecular flexibility index (Phi) is 4.78. The molecule has 2 fully saturated rings. The van der Waals surface area contributed by atoms with Crippen LogP contribution in [0.2, 0.25) is 0 Å². The third-order valence-corrected chi connectivity index (χ3v) is 5.80. The number of pyridine rings is 1. The summed E-state index contributed by atoms with van der Waals surface area (Å²) >= 11 is 0. The monoisotopic (exact) mass is 384 g/mol. The Labute approximate surface area is 162 Å². The van der Waals surface area contributed by atoms with Crippen molar-refractivity contribution in [1.82, 2.24) is 14.5 Å². The molecule has 2 aromatic rings. The fourth-order valence-electron chi connectivity index (χ4n) is 4.05. The predicted molar refractivity (Wildman–Crippen MR) is 105 cm³/mol. The van der Waals surface area contributed by atoms with Crippen LogP contribution in [0.15, 0.2) is 24.0 Å². The molecule has 0 spiro atoms. The van der Waals surface area contributed by atoms with Crippen LogP contribution in [-0.2, 0) is 6.54 Å². The van der Waals surface area contributed by atoms with E-state index in [1.807, 2.05) is 12.1 Å². The van der Waals surface area contributed by atoms with Crippen LogP contribution in [0.1, 0.15) is 49.9 Å². The first kappa shape index (κ1) is 18.5. The molecule has 0 bridgehead atoms. The molecule has 0 unspecified atom stereocenters. The standard InChI is InChI=1S/C20H24N4O4/c1-13(24(27)28)10-17-11-16-4-7-21-18(19(16)23(17)12-14-2-3-14)15-5-8-22(9-6-15)20(25)26/h4,7,10-11,14-15H,2-3,5-6,8-9,12H2,1H3,(H,25,26). The quantitative estimate of drug-likeness (QED) is 0.621. The van der Waals surface area contributed by atoms with E-state index in [9.17, 15) is 20.0 Å². The highest BCUT2D eigenvalue weighted by Gasteiger charge is 2.29. The molecule has 2 aromatic heterocycles. The van der Waals surface area contributed by atoms with E-state index in [4.69, 9.17) is 0 Å². The van der Waals surface area contributed by atoms with E-state index in [0.29, 0.717) is 19.0 Å². The Morgan fingerprint density at radius 3 is 2.68 bits per heavy atom. The number of likely N-dealkylation sites (tertiary alicyclic amines) is 1. The van der Waals surface area contributed by atoms with Crippen molar-refractivity contribution in [2.24, 2.45) is 5.92 Å². The van der Waals surface area contributed by atoms with Gasteiger partial charge in [-0.1, -0.05) is 0 Å². The van der Waals surface area contributed by atoms with Crippen LogP contribution in [0.25, 0.3) is 17.0 Å². The third kappa shape index (κ3) is 3.58. The smallest absolute Gasteiger partial charge is 0.407 e. The lowest BCUT2D eigenvalue weighted by atomic mass is 9.92. The number of amides is 1. The maximum Gasteiger partial charge on any atom is 0.407 e. The van der Waals surface area contributed by atoms with Crippen molar-refractivity contribution >= 4 is 23.1 Å². The second-order valence-corrected chi connectivity index (χ2v) is 7.84. The number of fused-ring (bicyclic) bond motifs is 1. The minimum atomic E-state index is -0.871. The molecule has 1 amide bonds. The number of piperidine rings is 1. The number of nitro groups is 1. The van der Waals surface area contributed by atoms with E-state index >= 15 is 0 Å². The van der Waals surface area contributed by atoms with Gasteiger partial charge >= 0.3 is 6.09 Å². The topological polar surface area (TPSA) is 102 Å². The molecule has 1 saturated heterocycles. The van der Waals surface area contributed by atoms with Gasteiger partial charge in [0.25, 0.3) is 0 Å². The summed E-state index contributed by atoms with van der Waals surface area (Å²) in [5.74, 6) is 0.807. The zero-order valence-electron chi connectivity index (χ0n) is 15.9. The van der Waals surface area contributed by atoms with E-state index in [1.165, 1.54) is 24.7 Å². The Morgan fingerprint density at radius 2 is 2.07 bits per heavy atom. The summed E-state index contributed by atoms with van der Waals surface area (Å²) in [6, 6.07) is 3.95. The van der Waals surface area contributed by atoms with Gasteiger partial charge in [-0.15, -0.1) is 0 Å². The number of carboxylic acid groups (broad SMARTS) is 1. The first-order chi connectivity index (χ1) is 13.4. The van der Waals surface area contributed by atoms with Gasteiger partial charge in [0.15, 0.2) is 0 Å². The molecular weight excluding hydrogens is 360 g/mol. The maximum absolute atomic E-state index is 11.2. The average molecular weight is 384 g/mol. The van der Waals surface area contributed by atoms with Crippen molar-refractivity contribution < 1.29 is 14.8 Å². The molecule has 1 aliphatic heterocycles. The average Bonchev–Trinajstić information content (AvgIpc) is 3.43. The summed E-state index contributed by atoms with van der Waals surface area (Å²) in [5, 5.41) is 21.4. The van der Waals surface area contributed by atoms with Gasteiger partial charge in [0.1, 0.15) is 0 Å². The van der Waals surface area contributed by atoms with E-state index in [2.05, 4.69) is 9.55 Å². The summed E-state index contributed by atoms with van der Waals surface area (Å²) in [6.07, 6.45) is 6.41. The third-order valence-electron chi connectivity index (χ3n) is 5.80. The van der Waals surface area contributed by atoms with Crippen molar-refractivity contribution in [1.29, 1.82) is 0 Å². The first-order valence-corrected chi connectivity index (χ1v) is 9.72. The van der Waals surface area contributed by atoms with Crippen LogP contribution >= 0.6 is 0 Å². The Hall–Kier alpha value is -2.90. The van der Waals surface area contributed by atoms with Crippen LogP contribution in [0.5, 0.6) is 0 Å². The predicted octanol–water partition coefficient (Wildman–Crippen LogP) is 3.94. The highest BCUT2D eigenvalue weighted by molar-refractivity contribution is 5.86. The SMILES string of the molecule is CC(=Cc1cc2ccnc(C3CCN(C(=O)O)CC3)c2n1CC1CC1)[N+](=O)[O-]. The first-order valence-electron chi connectivity index (χ1n) is 9.72. The summed E-state index contributed by atoms with van der Waals surface area (Å²) in [6.45, 7) is 3.37. The highest BCUT2D eigenvalue weighted by atomic mass is 16.6. The lowest BCUT2D eigenvalue weighted by Crippen LogP contribution is -2.37. The molecule has 0 aromatic carbocycles. The number of rotatable bonds is 5. The van der Waals surface area contributed by atoms with E-state index in [0.717, 1.165) is 41.7 Å². The second-order valence-electron chi connectivity index (χ2n) is 7.84. The van der Waals surface area contributed by atoms with Gasteiger partial charge in [-0.05, 0) is 43.7 Å².